The Hall–Kier alpha value is -0.940. The molecule has 1 amide bonds. The van der Waals surface area contributed by atoms with Crippen molar-refractivity contribution in [1.29, 1.82) is 0 Å². The molecule has 1 saturated heterocycles. The third-order valence-corrected chi connectivity index (χ3v) is 4.26. The van der Waals surface area contributed by atoms with Crippen LogP contribution in [-0.4, -0.2) is 28.0 Å². The molecule has 0 radical (unpaired) electrons. The van der Waals surface area contributed by atoms with Gasteiger partial charge in [-0.1, -0.05) is 6.07 Å². The fourth-order valence-corrected chi connectivity index (χ4v) is 3.92. The Balaban J connectivity index is 2.36. The van der Waals surface area contributed by atoms with E-state index in [1.165, 1.54) is 0 Å². The summed E-state index contributed by atoms with van der Waals surface area (Å²) in [5.41, 5.74) is -0.0156. The first-order valence-electron chi connectivity index (χ1n) is 7.31. The van der Waals surface area contributed by atoms with E-state index in [4.69, 9.17) is 0 Å². The van der Waals surface area contributed by atoms with Gasteiger partial charge in [0, 0.05) is 24.0 Å². The smallest absolute Gasteiger partial charge is 0.225 e. The van der Waals surface area contributed by atoms with Gasteiger partial charge in [0.2, 0.25) is 5.91 Å². The summed E-state index contributed by atoms with van der Waals surface area (Å²) in [6.45, 7) is 10.4. The Labute approximate surface area is 135 Å². The van der Waals surface area contributed by atoms with Crippen LogP contribution in [0.4, 0.5) is 5.82 Å². The minimum atomic E-state index is -0.00781. The van der Waals surface area contributed by atoms with Crippen LogP contribution < -0.4 is 10.2 Å². The molecule has 116 valence electrons. The van der Waals surface area contributed by atoms with Crippen molar-refractivity contribution in [3.05, 3.63) is 22.8 Å². The SMILES string of the molecule is CC(=O)N(c1cccc(Br)n1)C1CC(C)(C)NC(C)(C)C1. The highest BCUT2D eigenvalue weighted by molar-refractivity contribution is 9.10. The summed E-state index contributed by atoms with van der Waals surface area (Å²) < 4.78 is 0.749. The van der Waals surface area contributed by atoms with E-state index in [0.717, 1.165) is 23.3 Å². The summed E-state index contributed by atoms with van der Waals surface area (Å²) in [6, 6.07) is 5.84. The van der Waals surface area contributed by atoms with Crippen molar-refractivity contribution in [3.8, 4) is 0 Å². The van der Waals surface area contributed by atoms with E-state index < -0.39 is 0 Å². The van der Waals surface area contributed by atoms with Gasteiger partial charge >= 0.3 is 0 Å². The van der Waals surface area contributed by atoms with Crippen LogP contribution in [-0.2, 0) is 4.79 Å². The van der Waals surface area contributed by atoms with Crippen molar-refractivity contribution in [2.24, 2.45) is 0 Å². The minimum absolute atomic E-state index is 0.00781. The molecule has 4 nitrogen and oxygen atoms in total. The van der Waals surface area contributed by atoms with Crippen molar-refractivity contribution in [1.82, 2.24) is 10.3 Å². The van der Waals surface area contributed by atoms with Gasteiger partial charge in [-0.05, 0) is 68.6 Å². The number of halogens is 1. The molecule has 1 aromatic rings. The van der Waals surface area contributed by atoms with Crippen LogP contribution in [0.3, 0.4) is 0 Å². The van der Waals surface area contributed by atoms with Gasteiger partial charge in [0.05, 0.1) is 0 Å². The zero-order valence-electron chi connectivity index (χ0n) is 13.4. The van der Waals surface area contributed by atoms with Gasteiger partial charge in [0.25, 0.3) is 0 Å². The quantitative estimate of drug-likeness (QED) is 0.827. The lowest BCUT2D eigenvalue weighted by atomic mass is 9.79. The number of amides is 1. The van der Waals surface area contributed by atoms with Crippen LogP contribution in [0.5, 0.6) is 0 Å². The summed E-state index contributed by atoms with van der Waals surface area (Å²) >= 11 is 3.39. The molecule has 21 heavy (non-hydrogen) atoms. The minimum Gasteiger partial charge on any atom is -0.307 e. The van der Waals surface area contributed by atoms with E-state index in [-0.39, 0.29) is 23.0 Å². The van der Waals surface area contributed by atoms with Crippen molar-refractivity contribution in [2.45, 2.75) is 64.6 Å². The number of piperidine rings is 1. The van der Waals surface area contributed by atoms with Gasteiger partial charge in [-0.25, -0.2) is 4.98 Å². The summed E-state index contributed by atoms with van der Waals surface area (Å²) in [6.07, 6.45) is 1.81. The van der Waals surface area contributed by atoms with Gasteiger partial charge in [0.1, 0.15) is 10.4 Å². The molecule has 1 aliphatic heterocycles. The first-order chi connectivity index (χ1) is 9.60. The van der Waals surface area contributed by atoms with Crippen molar-refractivity contribution in [2.75, 3.05) is 4.90 Å². The standard InChI is InChI=1S/C16H24BrN3O/c1-11(21)20(14-8-6-7-13(17)18-14)12-9-15(2,3)19-16(4,5)10-12/h6-8,12,19H,9-10H2,1-5H3. The molecule has 0 spiro atoms. The van der Waals surface area contributed by atoms with Crippen LogP contribution in [0.25, 0.3) is 0 Å². The van der Waals surface area contributed by atoms with Gasteiger partial charge < -0.3 is 5.32 Å². The van der Waals surface area contributed by atoms with E-state index in [1.54, 1.807) is 6.92 Å². The molecule has 1 N–H and O–H groups in total. The zero-order valence-corrected chi connectivity index (χ0v) is 15.0. The molecule has 0 aromatic carbocycles. The zero-order chi connectivity index (χ0) is 15.8. The highest BCUT2D eigenvalue weighted by Gasteiger charge is 2.41. The predicted octanol–water partition coefficient (Wildman–Crippen LogP) is 3.51. The molecule has 1 fully saturated rings. The first-order valence-corrected chi connectivity index (χ1v) is 8.11. The number of aromatic nitrogens is 1. The van der Waals surface area contributed by atoms with Crippen LogP contribution in [0.15, 0.2) is 22.8 Å². The lowest BCUT2D eigenvalue weighted by Crippen LogP contribution is -2.63. The highest BCUT2D eigenvalue weighted by Crippen LogP contribution is 2.33. The Morgan fingerprint density at radius 1 is 1.29 bits per heavy atom. The molecule has 0 unspecified atom stereocenters. The lowest BCUT2D eigenvalue weighted by Gasteiger charge is -2.49. The van der Waals surface area contributed by atoms with E-state index in [0.29, 0.717) is 0 Å². The molecule has 1 aromatic heterocycles. The van der Waals surface area contributed by atoms with Crippen LogP contribution in [0, 0.1) is 0 Å². The predicted molar refractivity (Wildman–Crippen MR) is 89.4 cm³/mol. The monoisotopic (exact) mass is 353 g/mol. The largest absolute Gasteiger partial charge is 0.307 e. The topological polar surface area (TPSA) is 45.2 Å². The number of carbonyl (C=O) groups is 1. The highest BCUT2D eigenvalue weighted by atomic mass is 79.9. The third kappa shape index (κ3) is 4.04. The van der Waals surface area contributed by atoms with Crippen LogP contribution in [0.2, 0.25) is 0 Å². The maximum atomic E-state index is 12.2. The summed E-state index contributed by atoms with van der Waals surface area (Å²) in [7, 11) is 0. The molecule has 5 heteroatoms. The molecular weight excluding hydrogens is 330 g/mol. The number of rotatable bonds is 2. The Morgan fingerprint density at radius 2 is 1.86 bits per heavy atom. The molecule has 0 bridgehead atoms. The average Bonchev–Trinajstić information content (AvgIpc) is 2.23. The molecule has 1 aliphatic rings. The second-order valence-corrected chi connectivity index (χ2v) is 7.97. The third-order valence-electron chi connectivity index (χ3n) is 3.82. The number of carbonyl (C=O) groups excluding carboxylic acids is 1. The van der Waals surface area contributed by atoms with E-state index >= 15 is 0 Å². The lowest BCUT2D eigenvalue weighted by molar-refractivity contribution is -0.117. The fourth-order valence-electron chi connectivity index (χ4n) is 3.59. The number of hydrogen-bond donors (Lipinski definition) is 1. The number of pyridine rings is 1. The molecule has 2 heterocycles. The van der Waals surface area contributed by atoms with Gasteiger partial charge in [0.15, 0.2) is 0 Å². The number of anilines is 1. The van der Waals surface area contributed by atoms with Crippen LogP contribution in [0.1, 0.15) is 47.5 Å². The normalized spacial score (nSPS) is 21.0. The number of hydrogen-bond acceptors (Lipinski definition) is 3. The van der Waals surface area contributed by atoms with Gasteiger partial charge in [-0.15, -0.1) is 0 Å². The molecule has 0 saturated carbocycles. The van der Waals surface area contributed by atoms with Crippen molar-refractivity contribution >= 4 is 27.7 Å². The maximum Gasteiger partial charge on any atom is 0.225 e. The van der Waals surface area contributed by atoms with Crippen LogP contribution >= 0.6 is 15.9 Å². The molecule has 2 rings (SSSR count). The van der Waals surface area contributed by atoms with Gasteiger partial charge in [-0.2, -0.15) is 0 Å². The Morgan fingerprint density at radius 3 is 2.33 bits per heavy atom. The van der Waals surface area contributed by atoms with Crippen molar-refractivity contribution in [3.63, 3.8) is 0 Å². The summed E-state index contributed by atoms with van der Waals surface area (Å²) in [5.74, 6) is 0.759. The molecule has 0 aliphatic carbocycles. The van der Waals surface area contributed by atoms with E-state index in [9.17, 15) is 4.79 Å². The summed E-state index contributed by atoms with van der Waals surface area (Å²) in [4.78, 5) is 18.5. The average molecular weight is 354 g/mol. The number of nitrogens with zero attached hydrogens (tertiary/aromatic N) is 2. The van der Waals surface area contributed by atoms with Crippen molar-refractivity contribution < 1.29 is 4.79 Å². The Kier molecular flexibility index (Phi) is 4.45. The molecular formula is C16H24BrN3O. The van der Waals surface area contributed by atoms with E-state index in [2.05, 4.69) is 53.9 Å². The van der Waals surface area contributed by atoms with E-state index in [1.807, 2.05) is 23.1 Å². The Bertz CT molecular complexity index is 526. The fraction of sp³-hybridized carbons (Fsp3) is 0.625. The van der Waals surface area contributed by atoms with Gasteiger partial charge in [-0.3, -0.25) is 9.69 Å². The maximum absolute atomic E-state index is 12.2. The summed E-state index contributed by atoms with van der Waals surface area (Å²) in [5, 5.41) is 3.65. The second kappa shape index (κ2) is 5.69. The number of nitrogens with one attached hydrogen (secondary N) is 1. The molecule has 0 atom stereocenters. The second-order valence-electron chi connectivity index (χ2n) is 7.16. The first kappa shape index (κ1) is 16.4.